The second kappa shape index (κ2) is 15.3. The van der Waals surface area contributed by atoms with E-state index < -0.39 is 34.9 Å². The molecule has 0 heterocycles. The van der Waals surface area contributed by atoms with Crippen molar-refractivity contribution in [3.8, 4) is 22.6 Å². The van der Waals surface area contributed by atoms with E-state index in [1.165, 1.54) is 30.3 Å². The maximum Gasteiger partial charge on any atom is 0.201 e. The van der Waals surface area contributed by atoms with E-state index in [-0.39, 0.29) is 47.3 Å². The molecule has 1 saturated carbocycles. The van der Waals surface area contributed by atoms with Crippen LogP contribution in [-0.4, -0.2) is 13.2 Å². The van der Waals surface area contributed by atoms with Gasteiger partial charge in [-0.05, 0) is 125 Å². The number of allylic oxidation sites excluding steroid dienone is 4. The molecule has 3 aromatic rings. The second-order valence-corrected chi connectivity index (χ2v) is 12.3. The normalized spacial score (nSPS) is 20.2. The third-order valence-corrected chi connectivity index (χ3v) is 9.49. The Hall–Kier alpha value is -3.68. The second-order valence-electron chi connectivity index (χ2n) is 12.3. The Morgan fingerprint density at radius 3 is 1.91 bits per heavy atom. The van der Waals surface area contributed by atoms with E-state index in [4.69, 9.17) is 9.47 Å². The van der Waals surface area contributed by atoms with Crippen LogP contribution in [0.15, 0.2) is 54.6 Å². The van der Waals surface area contributed by atoms with Crippen LogP contribution in [0, 0.1) is 52.7 Å². The van der Waals surface area contributed by atoms with E-state index in [2.05, 4.69) is 0 Å². The molecule has 2 nitrogen and oxygen atoms in total. The van der Waals surface area contributed by atoms with Crippen LogP contribution < -0.4 is 9.47 Å². The monoisotopic (exact) mass is 642 g/mol. The molecule has 8 heteroatoms. The molecule has 46 heavy (non-hydrogen) atoms. The summed E-state index contributed by atoms with van der Waals surface area (Å²) in [6, 6.07) is 8.24. The molecule has 246 valence electrons. The van der Waals surface area contributed by atoms with Gasteiger partial charge in [-0.25, -0.2) is 17.6 Å². The van der Waals surface area contributed by atoms with Crippen LogP contribution in [0.3, 0.4) is 0 Å². The van der Waals surface area contributed by atoms with Crippen LogP contribution in [-0.2, 0) is 6.42 Å². The number of ether oxygens (including phenoxy) is 2. The van der Waals surface area contributed by atoms with E-state index in [1.54, 1.807) is 13.0 Å². The minimum absolute atomic E-state index is 0.0762. The van der Waals surface area contributed by atoms with Crippen LogP contribution in [0.2, 0.25) is 0 Å². The Balaban J connectivity index is 1.14. The summed E-state index contributed by atoms with van der Waals surface area (Å²) >= 11 is 0. The highest BCUT2D eigenvalue weighted by Gasteiger charge is 2.30. The third kappa shape index (κ3) is 7.31. The standard InChI is InChI=1S/C38H40F6O2/c1-3-5-6-7-27-16-17-29(35(41)33(27)39)30-19-21-32(38(44)36(30)42)46-22-23-8-10-24(11-9-23)25-12-14-26(15-13-25)28-18-20-31(45-4-2)37(43)34(28)40/h3,5,14,16-21,23-25H,4,6-13,15,22H2,1-2H3. The number of benzene rings is 3. The van der Waals surface area contributed by atoms with Gasteiger partial charge in [-0.2, -0.15) is 8.78 Å². The minimum Gasteiger partial charge on any atom is -0.491 e. The van der Waals surface area contributed by atoms with Crippen molar-refractivity contribution in [1.82, 2.24) is 0 Å². The van der Waals surface area contributed by atoms with Crippen molar-refractivity contribution in [1.29, 1.82) is 0 Å². The van der Waals surface area contributed by atoms with Crippen LogP contribution >= 0.6 is 0 Å². The molecule has 1 atom stereocenters. The molecule has 5 rings (SSSR count). The lowest BCUT2D eigenvalue weighted by atomic mass is 9.71. The van der Waals surface area contributed by atoms with Gasteiger partial charge < -0.3 is 9.47 Å². The molecule has 0 radical (unpaired) electrons. The van der Waals surface area contributed by atoms with Gasteiger partial charge in [0.15, 0.2) is 34.8 Å². The molecular weight excluding hydrogens is 602 g/mol. The molecule has 0 spiro atoms. The van der Waals surface area contributed by atoms with E-state index >= 15 is 4.39 Å². The Morgan fingerprint density at radius 1 is 0.674 bits per heavy atom. The third-order valence-electron chi connectivity index (χ3n) is 9.49. The lowest BCUT2D eigenvalue weighted by Crippen LogP contribution is -2.26. The predicted molar refractivity (Wildman–Crippen MR) is 169 cm³/mol. The molecule has 3 aromatic carbocycles. The first kappa shape index (κ1) is 33.7. The van der Waals surface area contributed by atoms with E-state index in [0.717, 1.165) is 44.1 Å². The maximum absolute atomic E-state index is 15.1. The zero-order valence-corrected chi connectivity index (χ0v) is 26.3. The van der Waals surface area contributed by atoms with Gasteiger partial charge in [0.2, 0.25) is 11.6 Å². The van der Waals surface area contributed by atoms with Gasteiger partial charge in [0.1, 0.15) is 0 Å². The lowest BCUT2D eigenvalue weighted by Gasteiger charge is -2.35. The quantitative estimate of drug-likeness (QED) is 0.153. The van der Waals surface area contributed by atoms with Crippen molar-refractivity contribution in [2.24, 2.45) is 17.8 Å². The molecule has 0 amide bonds. The summed E-state index contributed by atoms with van der Waals surface area (Å²) in [6.07, 6.45) is 12.6. The Kier molecular flexibility index (Phi) is 11.2. The summed E-state index contributed by atoms with van der Waals surface area (Å²) in [5.41, 5.74) is 0.596. The molecular formula is C38H40F6O2. The summed E-state index contributed by atoms with van der Waals surface area (Å²) in [7, 11) is 0. The highest BCUT2D eigenvalue weighted by atomic mass is 19.2. The molecule has 1 fully saturated rings. The molecule has 0 N–H and O–H groups in total. The van der Waals surface area contributed by atoms with Crippen molar-refractivity contribution in [2.45, 2.75) is 71.6 Å². The molecule has 2 aliphatic carbocycles. The van der Waals surface area contributed by atoms with Crippen molar-refractivity contribution in [3.63, 3.8) is 0 Å². The fourth-order valence-electron chi connectivity index (χ4n) is 6.86. The maximum atomic E-state index is 15.1. The fraction of sp³-hybridized carbons (Fsp3) is 0.421. The zero-order valence-electron chi connectivity index (χ0n) is 26.3. The highest BCUT2D eigenvalue weighted by Crippen LogP contribution is 2.42. The van der Waals surface area contributed by atoms with Gasteiger partial charge in [-0.15, -0.1) is 0 Å². The Bertz CT molecular complexity index is 1590. The zero-order chi connectivity index (χ0) is 32.8. The number of halogens is 6. The SMILES string of the molecule is CC=CCCc1ccc(-c2ccc(OCC3CCC(C4CC=C(c5ccc(OCC)c(F)c5F)CC4)CC3)c(F)c2F)c(F)c1F. The number of hydrogen-bond donors (Lipinski definition) is 0. The van der Waals surface area contributed by atoms with Gasteiger partial charge in [0.25, 0.3) is 0 Å². The van der Waals surface area contributed by atoms with Gasteiger partial charge in [-0.1, -0.05) is 30.4 Å². The van der Waals surface area contributed by atoms with Gasteiger partial charge in [0, 0.05) is 16.7 Å². The van der Waals surface area contributed by atoms with E-state index in [0.29, 0.717) is 36.7 Å². The first-order valence-electron chi connectivity index (χ1n) is 16.2. The van der Waals surface area contributed by atoms with E-state index in [1.807, 2.05) is 25.2 Å². The van der Waals surface area contributed by atoms with Crippen LogP contribution in [0.1, 0.15) is 76.3 Å². The summed E-state index contributed by atoms with van der Waals surface area (Å²) < 4.78 is 99.5. The number of rotatable bonds is 11. The average molecular weight is 643 g/mol. The predicted octanol–water partition coefficient (Wildman–Crippen LogP) is 11.2. The van der Waals surface area contributed by atoms with Crippen LogP contribution in [0.4, 0.5) is 26.3 Å². The molecule has 1 unspecified atom stereocenters. The van der Waals surface area contributed by atoms with Gasteiger partial charge in [-0.3, -0.25) is 0 Å². The molecule has 2 aliphatic rings. The average Bonchev–Trinajstić information content (AvgIpc) is 3.07. The van der Waals surface area contributed by atoms with Crippen LogP contribution in [0.5, 0.6) is 11.5 Å². The van der Waals surface area contributed by atoms with Gasteiger partial charge >= 0.3 is 0 Å². The first-order chi connectivity index (χ1) is 22.2. The summed E-state index contributed by atoms with van der Waals surface area (Å²) in [4.78, 5) is 0. The topological polar surface area (TPSA) is 18.5 Å². The highest BCUT2D eigenvalue weighted by molar-refractivity contribution is 5.68. The molecule has 0 bridgehead atoms. The largest absolute Gasteiger partial charge is 0.491 e. The number of aryl methyl sites for hydroxylation is 1. The van der Waals surface area contributed by atoms with Crippen LogP contribution in [0.25, 0.3) is 16.7 Å². The molecule has 0 saturated heterocycles. The summed E-state index contributed by atoms with van der Waals surface area (Å²) in [6.45, 7) is 4.04. The first-order valence-corrected chi connectivity index (χ1v) is 16.2. The lowest BCUT2D eigenvalue weighted by molar-refractivity contribution is 0.146. The van der Waals surface area contributed by atoms with Crippen molar-refractivity contribution < 1.29 is 35.8 Å². The Labute approximate surface area is 267 Å². The summed E-state index contributed by atoms with van der Waals surface area (Å²) in [5.74, 6) is -5.79. The van der Waals surface area contributed by atoms with Crippen molar-refractivity contribution in [3.05, 3.63) is 101 Å². The minimum atomic E-state index is -1.28. The molecule has 0 aliphatic heterocycles. The number of hydrogen-bond acceptors (Lipinski definition) is 2. The fourth-order valence-corrected chi connectivity index (χ4v) is 6.86. The Morgan fingerprint density at radius 2 is 1.28 bits per heavy atom. The van der Waals surface area contributed by atoms with Gasteiger partial charge in [0.05, 0.1) is 13.2 Å². The van der Waals surface area contributed by atoms with Crippen molar-refractivity contribution >= 4 is 5.57 Å². The smallest absolute Gasteiger partial charge is 0.201 e. The molecule has 0 aromatic heterocycles. The summed E-state index contributed by atoms with van der Waals surface area (Å²) in [5, 5.41) is 0. The van der Waals surface area contributed by atoms with Crippen molar-refractivity contribution in [2.75, 3.05) is 13.2 Å². The van der Waals surface area contributed by atoms with E-state index in [9.17, 15) is 22.0 Å².